The first-order valence-corrected chi connectivity index (χ1v) is 6.74. The summed E-state index contributed by atoms with van der Waals surface area (Å²) in [5.74, 6) is 0.111. The number of nitrogens with zero attached hydrogens (tertiary/aromatic N) is 2. The van der Waals surface area contributed by atoms with Gasteiger partial charge < -0.3 is 5.73 Å². The van der Waals surface area contributed by atoms with Gasteiger partial charge in [-0.1, -0.05) is 31.2 Å². The minimum Gasteiger partial charge on any atom is -0.384 e. The second kappa shape index (κ2) is 6.82. The predicted octanol–water partition coefficient (Wildman–Crippen LogP) is 2.39. The average Bonchev–Trinajstić information content (AvgIpc) is 2.48. The molecular weight excluding hydrogens is 248 g/mol. The van der Waals surface area contributed by atoms with Crippen LogP contribution >= 0.6 is 0 Å². The van der Waals surface area contributed by atoms with Crippen molar-refractivity contribution in [1.29, 1.82) is 5.41 Å². The van der Waals surface area contributed by atoms with Gasteiger partial charge in [0.1, 0.15) is 5.84 Å². The second-order valence-electron chi connectivity index (χ2n) is 4.74. The van der Waals surface area contributed by atoms with Gasteiger partial charge in [-0.25, -0.2) is 0 Å². The fraction of sp³-hybridized carbons (Fsp3) is 0.250. The van der Waals surface area contributed by atoms with Crippen LogP contribution < -0.4 is 5.73 Å². The van der Waals surface area contributed by atoms with Crippen LogP contribution in [-0.2, 0) is 13.1 Å². The molecule has 0 radical (unpaired) electrons. The van der Waals surface area contributed by atoms with Gasteiger partial charge in [0.25, 0.3) is 0 Å². The molecule has 0 saturated carbocycles. The van der Waals surface area contributed by atoms with Gasteiger partial charge in [0.05, 0.1) is 5.69 Å². The summed E-state index contributed by atoms with van der Waals surface area (Å²) in [6.45, 7) is 4.73. The first-order valence-electron chi connectivity index (χ1n) is 6.74. The lowest BCUT2D eigenvalue weighted by Crippen LogP contribution is -2.23. The Morgan fingerprint density at radius 3 is 2.70 bits per heavy atom. The SMILES string of the molecule is CCN(Cc1cccc(C(=N)N)c1)Cc1ccccn1. The van der Waals surface area contributed by atoms with Gasteiger partial charge in [-0.15, -0.1) is 0 Å². The number of rotatable bonds is 6. The van der Waals surface area contributed by atoms with Crippen LogP contribution in [0.3, 0.4) is 0 Å². The smallest absolute Gasteiger partial charge is 0.122 e. The van der Waals surface area contributed by atoms with E-state index in [1.807, 2.05) is 42.6 Å². The molecule has 0 aliphatic heterocycles. The normalized spacial score (nSPS) is 10.7. The molecule has 0 bridgehead atoms. The number of hydrogen-bond donors (Lipinski definition) is 2. The van der Waals surface area contributed by atoms with Crippen LogP contribution in [0.4, 0.5) is 0 Å². The third-order valence-corrected chi connectivity index (χ3v) is 3.20. The molecule has 0 fully saturated rings. The van der Waals surface area contributed by atoms with E-state index in [9.17, 15) is 0 Å². The summed E-state index contributed by atoms with van der Waals surface area (Å²) < 4.78 is 0. The van der Waals surface area contributed by atoms with E-state index in [2.05, 4.69) is 22.9 Å². The molecule has 0 unspecified atom stereocenters. The summed E-state index contributed by atoms with van der Waals surface area (Å²) in [6.07, 6.45) is 1.82. The van der Waals surface area contributed by atoms with Crippen molar-refractivity contribution in [3.63, 3.8) is 0 Å². The molecule has 2 rings (SSSR count). The van der Waals surface area contributed by atoms with Crippen LogP contribution in [0.25, 0.3) is 0 Å². The van der Waals surface area contributed by atoms with Crippen LogP contribution in [0.2, 0.25) is 0 Å². The number of benzene rings is 1. The molecule has 0 spiro atoms. The summed E-state index contributed by atoms with van der Waals surface area (Å²) >= 11 is 0. The highest BCUT2D eigenvalue weighted by Gasteiger charge is 2.06. The van der Waals surface area contributed by atoms with E-state index in [-0.39, 0.29) is 5.84 Å². The molecule has 4 nitrogen and oxygen atoms in total. The number of pyridine rings is 1. The fourth-order valence-electron chi connectivity index (χ4n) is 2.10. The lowest BCUT2D eigenvalue weighted by Gasteiger charge is -2.20. The molecule has 0 atom stereocenters. The highest BCUT2D eigenvalue weighted by molar-refractivity contribution is 5.95. The Morgan fingerprint density at radius 2 is 2.05 bits per heavy atom. The predicted molar refractivity (Wildman–Crippen MR) is 81.5 cm³/mol. The molecule has 0 aliphatic rings. The molecule has 20 heavy (non-hydrogen) atoms. The third-order valence-electron chi connectivity index (χ3n) is 3.20. The molecule has 0 aliphatic carbocycles. The van der Waals surface area contributed by atoms with Crippen molar-refractivity contribution < 1.29 is 0 Å². The standard InChI is InChI=1S/C16H20N4/c1-2-20(12-15-8-3-4-9-19-15)11-13-6-5-7-14(10-13)16(17)18/h3-10H,2,11-12H2,1H3,(H3,17,18). The molecule has 1 aromatic heterocycles. The van der Waals surface area contributed by atoms with Crippen molar-refractivity contribution in [2.75, 3.05) is 6.54 Å². The van der Waals surface area contributed by atoms with Crippen LogP contribution in [0, 0.1) is 5.41 Å². The summed E-state index contributed by atoms with van der Waals surface area (Å²) in [4.78, 5) is 6.67. The molecule has 104 valence electrons. The molecule has 2 aromatic rings. The Bertz CT molecular complexity index is 566. The zero-order valence-corrected chi connectivity index (χ0v) is 11.7. The van der Waals surface area contributed by atoms with E-state index in [1.165, 1.54) is 0 Å². The molecule has 0 amide bonds. The maximum Gasteiger partial charge on any atom is 0.122 e. The van der Waals surface area contributed by atoms with E-state index >= 15 is 0 Å². The van der Waals surface area contributed by atoms with Crippen molar-refractivity contribution in [2.24, 2.45) is 5.73 Å². The number of amidine groups is 1. The minimum absolute atomic E-state index is 0.111. The summed E-state index contributed by atoms with van der Waals surface area (Å²) in [5, 5.41) is 7.49. The monoisotopic (exact) mass is 268 g/mol. The average molecular weight is 268 g/mol. The van der Waals surface area contributed by atoms with E-state index in [0.717, 1.165) is 36.5 Å². The molecule has 0 saturated heterocycles. The van der Waals surface area contributed by atoms with E-state index < -0.39 is 0 Å². The number of hydrogen-bond acceptors (Lipinski definition) is 3. The Balaban J connectivity index is 2.06. The van der Waals surface area contributed by atoms with Gasteiger partial charge in [-0.05, 0) is 30.3 Å². The largest absolute Gasteiger partial charge is 0.384 e. The number of nitrogen functional groups attached to an aromatic ring is 1. The maximum absolute atomic E-state index is 7.49. The summed E-state index contributed by atoms with van der Waals surface area (Å²) in [6, 6.07) is 13.8. The molecular formula is C16H20N4. The molecule has 3 N–H and O–H groups in total. The van der Waals surface area contributed by atoms with Gasteiger partial charge in [0.15, 0.2) is 0 Å². The summed E-state index contributed by atoms with van der Waals surface area (Å²) in [5.41, 5.74) is 8.53. The number of nitrogens with one attached hydrogen (secondary N) is 1. The lowest BCUT2D eigenvalue weighted by molar-refractivity contribution is 0.268. The molecule has 4 heteroatoms. The second-order valence-corrected chi connectivity index (χ2v) is 4.74. The fourth-order valence-corrected chi connectivity index (χ4v) is 2.10. The van der Waals surface area contributed by atoms with Crippen LogP contribution in [0.15, 0.2) is 48.7 Å². The van der Waals surface area contributed by atoms with E-state index in [0.29, 0.717) is 0 Å². The number of aromatic nitrogens is 1. The van der Waals surface area contributed by atoms with Gasteiger partial charge in [-0.3, -0.25) is 15.3 Å². The van der Waals surface area contributed by atoms with Crippen molar-refractivity contribution in [3.05, 3.63) is 65.5 Å². The third kappa shape index (κ3) is 3.90. The quantitative estimate of drug-likeness (QED) is 0.624. The zero-order valence-electron chi connectivity index (χ0n) is 11.7. The van der Waals surface area contributed by atoms with Crippen LogP contribution in [0.1, 0.15) is 23.7 Å². The Kier molecular flexibility index (Phi) is 4.85. The van der Waals surface area contributed by atoms with Crippen LogP contribution in [-0.4, -0.2) is 22.3 Å². The van der Waals surface area contributed by atoms with E-state index in [1.54, 1.807) is 0 Å². The Morgan fingerprint density at radius 1 is 1.20 bits per heavy atom. The zero-order chi connectivity index (χ0) is 14.4. The maximum atomic E-state index is 7.49. The van der Waals surface area contributed by atoms with Gasteiger partial charge in [0.2, 0.25) is 0 Å². The Labute approximate surface area is 119 Å². The van der Waals surface area contributed by atoms with Crippen molar-refractivity contribution in [2.45, 2.75) is 20.0 Å². The van der Waals surface area contributed by atoms with Gasteiger partial charge in [-0.2, -0.15) is 0 Å². The van der Waals surface area contributed by atoms with Crippen molar-refractivity contribution in [3.8, 4) is 0 Å². The molecule has 1 heterocycles. The Hall–Kier alpha value is -2.20. The lowest BCUT2D eigenvalue weighted by atomic mass is 10.1. The number of nitrogens with two attached hydrogens (primary N) is 1. The topological polar surface area (TPSA) is 66.0 Å². The highest BCUT2D eigenvalue weighted by atomic mass is 15.1. The van der Waals surface area contributed by atoms with Gasteiger partial charge in [0, 0.05) is 24.8 Å². The summed E-state index contributed by atoms with van der Waals surface area (Å²) in [7, 11) is 0. The first-order chi connectivity index (χ1) is 9.69. The first kappa shape index (κ1) is 14.2. The highest BCUT2D eigenvalue weighted by Crippen LogP contribution is 2.10. The van der Waals surface area contributed by atoms with Gasteiger partial charge >= 0.3 is 0 Å². The van der Waals surface area contributed by atoms with Crippen molar-refractivity contribution >= 4 is 5.84 Å². The minimum atomic E-state index is 0.111. The van der Waals surface area contributed by atoms with Crippen molar-refractivity contribution in [1.82, 2.24) is 9.88 Å². The molecule has 1 aromatic carbocycles. The van der Waals surface area contributed by atoms with E-state index in [4.69, 9.17) is 11.1 Å². The van der Waals surface area contributed by atoms with Crippen LogP contribution in [0.5, 0.6) is 0 Å².